The summed E-state index contributed by atoms with van der Waals surface area (Å²) in [6.07, 6.45) is 2.58. The Kier molecular flexibility index (Phi) is 3.98. The van der Waals surface area contributed by atoms with Crippen LogP contribution in [0.4, 0.5) is 11.4 Å². The van der Waals surface area contributed by atoms with Gasteiger partial charge in [-0.05, 0) is 37.6 Å². The van der Waals surface area contributed by atoms with Crippen LogP contribution in [-0.4, -0.2) is 25.5 Å². The van der Waals surface area contributed by atoms with Crippen LogP contribution in [0.5, 0.6) is 0 Å². The molecule has 4 heteroatoms. The fraction of sp³-hybridized carbons (Fsp3) is 0.462. The van der Waals surface area contributed by atoms with Crippen molar-refractivity contribution in [3.8, 4) is 0 Å². The number of nitrogens with zero attached hydrogens (tertiary/aromatic N) is 1. The molecule has 0 aromatic heterocycles. The van der Waals surface area contributed by atoms with E-state index in [-0.39, 0.29) is 5.91 Å². The molecule has 0 radical (unpaired) electrons. The summed E-state index contributed by atoms with van der Waals surface area (Å²) >= 11 is 0. The number of nitrogens with one attached hydrogen (secondary N) is 1. The van der Waals surface area contributed by atoms with Gasteiger partial charge in [0, 0.05) is 30.9 Å². The van der Waals surface area contributed by atoms with Crippen LogP contribution in [0.1, 0.15) is 19.3 Å². The van der Waals surface area contributed by atoms with Gasteiger partial charge in [-0.1, -0.05) is 6.07 Å². The van der Waals surface area contributed by atoms with Crippen LogP contribution in [-0.2, 0) is 4.79 Å². The monoisotopic (exact) mass is 233 g/mol. The second kappa shape index (κ2) is 5.68. The van der Waals surface area contributed by atoms with E-state index < -0.39 is 0 Å². The number of carbonyl (C=O) groups is 1. The number of rotatable bonds is 5. The van der Waals surface area contributed by atoms with E-state index in [1.807, 2.05) is 29.2 Å². The molecule has 0 atom stereocenters. The first kappa shape index (κ1) is 11.9. The highest BCUT2D eigenvalue weighted by Gasteiger charge is 2.21. The Balaban J connectivity index is 2.03. The largest absolute Gasteiger partial charge is 0.385 e. The minimum Gasteiger partial charge on any atom is -0.385 e. The lowest BCUT2D eigenvalue weighted by Crippen LogP contribution is -2.23. The summed E-state index contributed by atoms with van der Waals surface area (Å²) in [6.45, 7) is 2.40. The summed E-state index contributed by atoms with van der Waals surface area (Å²) in [5, 5.41) is 3.31. The number of benzene rings is 1. The number of hydrogen-bond acceptors (Lipinski definition) is 3. The molecule has 0 bridgehead atoms. The van der Waals surface area contributed by atoms with Crippen molar-refractivity contribution >= 4 is 17.3 Å². The maximum atomic E-state index is 11.6. The van der Waals surface area contributed by atoms with E-state index in [0.29, 0.717) is 13.0 Å². The molecule has 1 heterocycles. The second-order valence-corrected chi connectivity index (χ2v) is 4.27. The van der Waals surface area contributed by atoms with Gasteiger partial charge in [-0.2, -0.15) is 0 Å². The molecule has 1 saturated heterocycles. The molecule has 1 aliphatic heterocycles. The van der Waals surface area contributed by atoms with Gasteiger partial charge >= 0.3 is 0 Å². The molecule has 1 aliphatic rings. The number of hydrogen-bond donors (Lipinski definition) is 2. The average Bonchev–Trinajstić information content (AvgIpc) is 2.76. The SMILES string of the molecule is NCCCNc1cccc(N2CCCC2=O)c1. The highest BCUT2D eigenvalue weighted by atomic mass is 16.2. The van der Waals surface area contributed by atoms with Crippen molar-refractivity contribution in [2.45, 2.75) is 19.3 Å². The zero-order valence-electron chi connectivity index (χ0n) is 9.98. The number of anilines is 2. The summed E-state index contributed by atoms with van der Waals surface area (Å²) in [4.78, 5) is 13.5. The van der Waals surface area contributed by atoms with Gasteiger partial charge in [0.2, 0.25) is 5.91 Å². The lowest BCUT2D eigenvalue weighted by Gasteiger charge is -2.17. The maximum absolute atomic E-state index is 11.6. The summed E-state index contributed by atoms with van der Waals surface area (Å²) in [5.74, 6) is 0.226. The number of nitrogens with two attached hydrogens (primary N) is 1. The zero-order valence-corrected chi connectivity index (χ0v) is 9.98. The van der Waals surface area contributed by atoms with Crippen LogP contribution >= 0.6 is 0 Å². The summed E-state index contributed by atoms with van der Waals surface area (Å²) in [7, 11) is 0. The van der Waals surface area contributed by atoms with Crippen molar-refractivity contribution in [2.75, 3.05) is 29.9 Å². The molecule has 4 nitrogen and oxygen atoms in total. The maximum Gasteiger partial charge on any atom is 0.227 e. The molecular formula is C13H19N3O. The molecule has 17 heavy (non-hydrogen) atoms. The van der Waals surface area contributed by atoms with Crippen molar-refractivity contribution < 1.29 is 4.79 Å². The standard InChI is InChI=1S/C13H19N3O/c14-7-3-8-15-11-4-1-5-12(10-11)16-9-2-6-13(16)17/h1,4-5,10,15H,2-3,6-9,14H2. The topological polar surface area (TPSA) is 58.4 Å². The molecule has 1 fully saturated rings. The highest BCUT2D eigenvalue weighted by molar-refractivity contribution is 5.95. The number of carbonyl (C=O) groups excluding carboxylic acids is 1. The summed E-state index contributed by atoms with van der Waals surface area (Å²) in [6, 6.07) is 8.00. The first-order valence-corrected chi connectivity index (χ1v) is 6.15. The molecule has 2 rings (SSSR count). The van der Waals surface area contributed by atoms with Gasteiger partial charge in [0.25, 0.3) is 0 Å². The third-order valence-corrected chi connectivity index (χ3v) is 2.94. The third-order valence-electron chi connectivity index (χ3n) is 2.94. The Hall–Kier alpha value is -1.55. The Morgan fingerprint density at radius 1 is 1.41 bits per heavy atom. The molecule has 0 aliphatic carbocycles. The van der Waals surface area contributed by atoms with Gasteiger partial charge in [0.15, 0.2) is 0 Å². The molecule has 1 aromatic rings. The molecule has 1 aromatic carbocycles. The first-order chi connectivity index (χ1) is 8.31. The van der Waals surface area contributed by atoms with E-state index in [9.17, 15) is 4.79 Å². The summed E-state index contributed by atoms with van der Waals surface area (Å²) in [5.41, 5.74) is 7.49. The van der Waals surface area contributed by atoms with E-state index in [0.717, 1.165) is 37.3 Å². The lowest BCUT2D eigenvalue weighted by molar-refractivity contribution is -0.117. The van der Waals surface area contributed by atoms with Crippen molar-refractivity contribution in [1.82, 2.24) is 0 Å². The molecule has 3 N–H and O–H groups in total. The molecule has 1 amide bonds. The van der Waals surface area contributed by atoms with E-state index in [1.54, 1.807) is 0 Å². The van der Waals surface area contributed by atoms with Crippen molar-refractivity contribution in [2.24, 2.45) is 5.73 Å². The van der Waals surface area contributed by atoms with Gasteiger partial charge in [-0.15, -0.1) is 0 Å². The second-order valence-electron chi connectivity index (χ2n) is 4.27. The molecular weight excluding hydrogens is 214 g/mol. The van der Waals surface area contributed by atoms with Gasteiger partial charge in [-0.3, -0.25) is 4.79 Å². The van der Waals surface area contributed by atoms with Crippen molar-refractivity contribution in [3.63, 3.8) is 0 Å². The highest BCUT2D eigenvalue weighted by Crippen LogP contribution is 2.24. The summed E-state index contributed by atoms with van der Waals surface area (Å²) < 4.78 is 0. The minimum absolute atomic E-state index is 0.226. The third kappa shape index (κ3) is 2.97. The van der Waals surface area contributed by atoms with Crippen molar-refractivity contribution in [3.05, 3.63) is 24.3 Å². The minimum atomic E-state index is 0.226. The quantitative estimate of drug-likeness (QED) is 0.759. The van der Waals surface area contributed by atoms with Crippen LogP contribution in [0.15, 0.2) is 24.3 Å². The predicted octanol–water partition coefficient (Wildman–Crippen LogP) is 1.57. The lowest BCUT2D eigenvalue weighted by atomic mass is 10.2. The van der Waals surface area contributed by atoms with E-state index in [1.165, 1.54) is 0 Å². The molecule has 0 spiro atoms. The Morgan fingerprint density at radius 3 is 3.00 bits per heavy atom. The van der Waals surface area contributed by atoms with Gasteiger partial charge in [-0.25, -0.2) is 0 Å². The van der Waals surface area contributed by atoms with Crippen molar-refractivity contribution in [1.29, 1.82) is 0 Å². The van der Waals surface area contributed by atoms with E-state index >= 15 is 0 Å². The molecule has 92 valence electrons. The van der Waals surface area contributed by atoms with Gasteiger partial charge < -0.3 is 16.0 Å². The van der Waals surface area contributed by atoms with Crippen LogP contribution < -0.4 is 16.0 Å². The fourth-order valence-corrected chi connectivity index (χ4v) is 2.04. The zero-order chi connectivity index (χ0) is 12.1. The molecule has 0 saturated carbocycles. The van der Waals surface area contributed by atoms with Crippen LogP contribution in [0, 0.1) is 0 Å². The van der Waals surface area contributed by atoms with Crippen LogP contribution in [0.25, 0.3) is 0 Å². The van der Waals surface area contributed by atoms with Gasteiger partial charge in [0.1, 0.15) is 0 Å². The van der Waals surface area contributed by atoms with E-state index in [2.05, 4.69) is 5.32 Å². The first-order valence-electron chi connectivity index (χ1n) is 6.15. The van der Waals surface area contributed by atoms with Crippen LogP contribution in [0.3, 0.4) is 0 Å². The van der Waals surface area contributed by atoms with E-state index in [4.69, 9.17) is 5.73 Å². The Labute approximate surface area is 102 Å². The Bertz CT molecular complexity index is 392. The Morgan fingerprint density at radius 2 is 2.29 bits per heavy atom. The predicted molar refractivity (Wildman–Crippen MR) is 70.2 cm³/mol. The number of amides is 1. The molecule has 0 unspecified atom stereocenters. The average molecular weight is 233 g/mol. The normalized spacial score (nSPS) is 15.4. The fourth-order valence-electron chi connectivity index (χ4n) is 2.04. The smallest absolute Gasteiger partial charge is 0.227 e. The van der Waals surface area contributed by atoms with Crippen LogP contribution in [0.2, 0.25) is 0 Å². The van der Waals surface area contributed by atoms with Gasteiger partial charge in [0.05, 0.1) is 0 Å².